The van der Waals surface area contributed by atoms with Gasteiger partial charge in [0.25, 0.3) is 0 Å². The van der Waals surface area contributed by atoms with Gasteiger partial charge in [-0.3, -0.25) is 14.9 Å². The Bertz CT molecular complexity index is 1250. The number of hydrogen-bond acceptors (Lipinski definition) is 8. The van der Waals surface area contributed by atoms with Crippen LogP contribution in [0.25, 0.3) is 21.2 Å². The summed E-state index contributed by atoms with van der Waals surface area (Å²) in [5.74, 6) is -2.44. The SMILES string of the molecule is COc1ccc2nc(NC(=O)C(=O)NC(Cc3coc4ccccc34)B(O)O)sc2c1. The average Bonchev–Trinajstić information content (AvgIpc) is 3.35. The second-order valence-electron chi connectivity index (χ2n) is 6.76. The van der Waals surface area contributed by atoms with E-state index in [1.807, 2.05) is 18.2 Å². The highest BCUT2D eigenvalue weighted by atomic mass is 32.1. The zero-order valence-corrected chi connectivity index (χ0v) is 17.2. The molecule has 4 rings (SSSR count). The van der Waals surface area contributed by atoms with E-state index < -0.39 is 24.9 Å². The lowest BCUT2D eigenvalue weighted by Gasteiger charge is -2.16. The number of carbonyl (C=O) groups is 2. The van der Waals surface area contributed by atoms with Gasteiger partial charge in [0.15, 0.2) is 5.13 Å². The van der Waals surface area contributed by atoms with Crippen LogP contribution in [0, 0.1) is 0 Å². The van der Waals surface area contributed by atoms with Crippen molar-refractivity contribution in [2.45, 2.75) is 12.4 Å². The summed E-state index contributed by atoms with van der Waals surface area (Å²) in [5, 5.41) is 25.2. The number of hydrogen-bond donors (Lipinski definition) is 4. The van der Waals surface area contributed by atoms with Gasteiger partial charge in [0.1, 0.15) is 11.3 Å². The molecule has 0 spiro atoms. The molecule has 4 N–H and O–H groups in total. The summed E-state index contributed by atoms with van der Waals surface area (Å²) in [4.78, 5) is 28.9. The summed E-state index contributed by atoms with van der Waals surface area (Å²) in [5.41, 5.74) is 1.96. The largest absolute Gasteiger partial charge is 0.497 e. The summed E-state index contributed by atoms with van der Waals surface area (Å²) in [7, 11) is -0.326. The van der Waals surface area contributed by atoms with E-state index in [4.69, 9.17) is 9.15 Å². The summed E-state index contributed by atoms with van der Waals surface area (Å²) in [6.07, 6.45) is 1.55. The van der Waals surface area contributed by atoms with Crippen LogP contribution in [0.15, 0.2) is 53.1 Å². The van der Waals surface area contributed by atoms with Crippen molar-refractivity contribution in [2.75, 3.05) is 12.4 Å². The maximum atomic E-state index is 12.4. The molecule has 0 fully saturated rings. The first-order valence-electron chi connectivity index (χ1n) is 9.32. The Morgan fingerprint density at radius 3 is 2.81 bits per heavy atom. The van der Waals surface area contributed by atoms with Gasteiger partial charge < -0.3 is 24.5 Å². The Hall–Kier alpha value is -3.41. The number of para-hydroxylation sites is 1. The Balaban J connectivity index is 1.44. The first-order valence-corrected chi connectivity index (χ1v) is 10.1. The fourth-order valence-electron chi connectivity index (χ4n) is 3.13. The molecule has 0 saturated heterocycles. The number of aromatic nitrogens is 1. The highest BCUT2D eigenvalue weighted by molar-refractivity contribution is 7.22. The molecular weight excluding hydrogens is 421 g/mol. The molecule has 9 nitrogen and oxygen atoms in total. The number of thiazole rings is 1. The van der Waals surface area contributed by atoms with Gasteiger partial charge in [-0.2, -0.15) is 0 Å². The van der Waals surface area contributed by atoms with Gasteiger partial charge in [-0.05, 0) is 36.2 Å². The van der Waals surface area contributed by atoms with Gasteiger partial charge >= 0.3 is 18.9 Å². The number of nitrogens with zero attached hydrogens (tertiary/aromatic N) is 1. The van der Waals surface area contributed by atoms with Crippen molar-refractivity contribution in [3.05, 3.63) is 54.3 Å². The lowest BCUT2D eigenvalue weighted by Crippen LogP contribution is -2.51. The van der Waals surface area contributed by atoms with Gasteiger partial charge in [-0.15, -0.1) is 0 Å². The molecule has 31 heavy (non-hydrogen) atoms. The van der Waals surface area contributed by atoms with Crippen LogP contribution in [0.3, 0.4) is 0 Å². The molecule has 2 amide bonds. The zero-order chi connectivity index (χ0) is 22.0. The van der Waals surface area contributed by atoms with Crippen molar-refractivity contribution in [3.63, 3.8) is 0 Å². The normalized spacial score (nSPS) is 12.0. The van der Waals surface area contributed by atoms with Crippen LogP contribution in [0.2, 0.25) is 0 Å². The maximum Gasteiger partial charge on any atom is 0.475 e. The van der Waals surface area contributed by atoms with Crippen molar-refractivity contribution in [2.24, 2.45) is 0 Å². The number of ether oxygens (including phenoxy) is 1. The molecule has 0 radical (unpaired) electrons. The fourth-order valence-corrected chi connectivity index (χ4v) is 4.02. The molecule has 0 aliphatic carbocycles. The average molecular weight is 439 g/mol. The number of anilines is 1. The second-order valence-corrected chi connectivity index (χ2v) is 7.79. The number of rotatable bonds is 6. The van der Waals surface area contributed by atoms with Crippen LogP contribution in [-0.2, 0) is 16.0 Å². The second kappa shape index (κ2) is 8.76. The van der Waals surface area contributed by atoms with E-state index in [0.29, 0.717) is 22.4 Å². The molecule has 4 aromatic rings. The predicted octanol–water partition coefficient (Wildman–Crippen LogP) is 1.73. The van der Waals surface area contributed by atoms with E-state index in [0.717, 1.165) is 10.1 Å². The van der Waals surface area contributed by atoms with Gasteiger partial charge in [-0.25, -0.2) is 4.98 Å². The van der Waals surface area contributed by atoms with E-state index in [-0.39, 0.29) is 11.6 Å². The summed E-state index contributed by atoms with van der Waals surface area (Å²) >= 11 is 1.19. The smallest absolute Gasteiger partial charge is 0.475 e. The first kappa shape index (κ1) is 20.9. The Morgan fingerprint density at radius 1 is 1.23 bits per heavy atom. The summed E-state index contributed by atoms with van der Waals surface area (Å²) in [6.45, 7) is 0. The number of benzene rings is 2. The predicted molar refractivity (Wildman–Crippen MR) is 117 cm³/mol. The molecule has 1 atom stereocenters. The molecule has 2 aromatic heterocycles. The highest BCUT2D eigenvalue weighted by Crippen LogP contribution is 2.29. The number of fused-ring (bicyclic) bond motifs is 2. The highest BCUT2D eigenvalue weighted by Gasteiger charge is 2.29. The number of furan rings is 1. The van der Waals surface area contributed by atoms with Crippen molar-refractivity contribution >= 4 is 56.6 Å². The Kier molecular flexibility index (Phi) is 5.89. The van der Waals surface area contributed by atoms with E-state index >= 15 is 0 Å². The van der Waals surface area contributed by atoms with Crippen LogP contribution in [0.4, 0.5) is 5.13 Å². The third-order valence-electron chi connectivity index (χ3n) is 4.70. The lowest BCUT2D eigenvalue weighted by molar-refractivity contribution is -0.136. The van der Waals surface area contributed by atoms with Crippen molar-refractivity contribution in [3.8, 4) is 5.75 Å². The summed E-state index contributed by atoms with van der Waals surface area (Å²) in [6, 6.07) is 12.5. The minimum atomic E-state index is -1.87. The third-order valence-corrected chi connectivity index (χ3v) is 5.63. The number of methoxy groups -OCH3 is 1. The van der Waals surface area contributed by atoms with E-state index in [1.165, 1.54) is 17.6 Å². The van der Waals surface area contributed by atoms with Crippen LogP contribution in [0.1, 0.15) is 5.56 Å². The minimum Gasteiger partial charge on any atom is -0.497 e. The van der Waals surface area contributed by atoms with Crippen molar-refractivity contribution < 1.29 is 28.8 Å². The molecule has 0 aliphatic rings. The molecular formula is C20H18BN3O6S. The fraction of sp³-hybridized carbons (Fsp3) is 0.150. The quantitative estimate of drug-likeness (QED) is 0.266. The zero-order valence-electron chi connectivity index (χ0n) is 16.4. The van der Waals surface area contributed by atoms with E-state index in [2.05, 4.69) is 15.6 Å². The number of amides is 2. The van der Waals surface area contributed by atoms with Crippen LogP contribution in [-0.4, -0.2) is 47.0 Å². The van der Waals surface area contributed by atoms with Crippen LogP contribution < -0.4 is 15.4 Å². The molecule has 0 aliphatic heterocycles. The summed E-state index contributed by atoms with van der Waals surface area (Å²) < 4.78 is 11.4. The van der Waals surface area contributed by atoms with Crippen LogP contribution >= 0.6 is 11.3 Å². The number of carbonyl (C=O) groups excluding carboxylic acids is 2. The lowest BCUT2D eigenvalue weighted by atomic mass is 9.76. The molecule has 0 bridgehead atoms. The molecule has 1 unspecified atom stereocenters. The van der Waals surface area contributed by atoms with Crippen LogP contribution in [0.5, 0.6) is 5.75 Å². The molecule has 158 valence electrons. The minimum absolute atomic E-state index is 0.0641. The van der Waals surface area contributed by atoms with E-state index in [9.17, 15) is 19.6 Å². The molecule has 2 aromatic carbocycles. The first-order chi connectivity index (χ1) is 14.9. The van der Waals surface area contributed by atoms with Crippen molar-refractivity contribution in [1.29, 1.82) is 0 Å². The Labute approximate surface area is 180 Å². The Morgan fingerprint density at radius 2 is 2.03 bits per heavy atom. The van der Waals surface area contributed by atoms with Crippen molar-refractivity contribution in [1.82, 2.24) is 10.3 Å². The standard InChI is InChI=1S/C20H18BN3O6S/c1-29-12-6-7-14-16(9-12)31-20(22-14)24-19(26)18(25)23-17(21(27)28)8-11-10-30-15-5-3-2-4-13(11)15/h2-7,9-10,17,27-28H,8H2,1H3,(H,23,25)(H,22,24,26). The molecule has 11 heteroatoms. The van der Waals surface area contributed by atoms with Gasteiger partial charge in [0, 0.05) is 5.39 Å². The van der Waals surface area contributed by atoms with E-state index in [1.54, 1.807) is 31.4 Å². The third kappa shape index (κ3) is 4.53. The van der Waals surface area contributed by atoms with Gasteiger partial charge in [0.05, 0.1) is 29.5 Å². The maximum absolute atomic E-state index is 12.4. The monoisotopic (exact) mass is 439 g/mol. The van der Waals surface area contributed by atoms with Gasteiger partial charge in [-0.1, -0.05) is 29.5 Å². The topological polar surface area (TPSA) is 134 Å². The van der Waals surface area contributed by atoms with Gasteiger partial charge in [0.2, 0.25) is 0 Å². The molecule has 2 heterocycles. The molecule has 0 saturated carbocycles. The number of nitrogens with one attached hydrogen (secondary N) is 2.